The first-order valence-electron chi connectivity index (χ1n) is 8.28. The second kappa shape index (κ2) is 6.18. The normalized spacial score (nSPS) is 16.4. The number of aromatic nitrogens is 2. The van der Waals surface area contributed by atoms with Crippen LogP contribution in [0.3, 0.4) is 0 Å². The highest BCUT2D eigenvalue weighted by Gasteiger charge is 2.26. The Kier molecular flexibility index (Phi) is 3.84. The molecule has 132 valence electrons. The first-order valence-corrected chi connectivity index (χ1v) is 8.28. The molecular weight excluding hydrogens is 332 g/mol. The van der Waals surface area contributed by atoms with Gasteiger partial charge in [-0.3, -0.25) is 9.67 Å². The Morgan fingerprint density at radius 3 is 2.85 bits per heavy atom. The van der Waals surface area contributed by atoms with E-state index in [9.17, 15) is 9.90 Å². The van der Waals surface area contributed by atoms with Crippen molar-refractivity contribution in [3.8, 4) is 5.75 Å². The van der Waals surface area contributed by atoms with Gasteiger partial charge in [-0.25, -0.2) is 4.79 Å². The number of anilines is 1. The molecule has 2 aromatic heterocycles. The topological polar surface area (TPSA) is 92.7 Å². The summed E-state index contributed by atoms with van der Waals surface area (Å²) < 4.78 is 6.96. The SMILES string of the molecule is Cc1cc(O)c(C2=Nc3ccccc3N[C@@H](c3ccnn3C)C2)c(=O)o1. The highest BCUT2D eigenvalue weighted by atomic mass is 16.4. The van der Waals surface area contributed by atoms with E-state index in [2.05, 4.69) is 15.4 Å². The number of nitrogens with one attached hydrogen (secondary N) is 1. The summed E-state index contributed by atoms with van der Waals surface area (Å²) in [7, 11) is 1.86. The first-order chi connectivity index (χ1) is 12.5. The van der Waals surface area contributed by atoms with Crippen molar-refractivity contribution in [2.24, 2.45) is 12.0 Å². The lowest BCUT2D eigenvalue weighted by molar-refractivity contribution is 0.432. The molecule has 0 aliphatic carbocycles. The molecule has 1 aromatic carbocycles. The van der Waals surface area contributed by atoms with Gasteiger partial charge in [0.1, 0.15) is 17.1 Å². The zero-order valence-corrected chi connectivity index (χ0v) is 14.4. The van der Waals surface area contributed by atoms with E-state index in [4.69, 9.17) is 4.42 Å². The molecule has 4 rings (SSSR count). The summed E-state index contributed by atoms with van der Waals surface area (Å²) in [4.78, 5) is 17.1. The average Bonchev–Trinajstić information content (AvgIpc) is 2.91. The molecule has 0 fully saturated rings. The van der Waals surface area contributed by atoms with Gasteiger partial charge in [0.15, 0.2) is 0 Å². The first kappa shape index (κ1) is 16.1. The number of hydrogen-bond acceptors (Lipinski definition) is 6. The van der Waals surface area contributed by atoms with Crippen molar-refractivity contribution in [3.05, 3.63) is 70.0 Å². The van der Waals surface area contributed by atoms with Crippen molar-refractivity contribution in [2.45, 2.75) is 19.4 Å². The molecule has 0 saturated heterocycles. The fourth-order valence-electron chi connectivity index (χ4n) is 3.24. The van der Waals surface area contributed by atoms with E-state index in [0.29, 0.717) is 23.6 Å². The van der Waals surface area contributed by atoms with Crippen molar-refractivity contribution >= 4 is 17.1 Å². The van der Waals surface area contributed by atoms with Crippen LogP contribution >= 0.6 is 0 Å². The lowest BCUT2D eigenvalue weighted by Gasteiger charge is -2.19. The molecule has 3 heterocycles. The molecule has 3 aromatic rings. The van der Waals surface area contributed by atoms with Gasteiger partial charge in [-0.05, 0) is 25.1 Å². The quantitative estimate of drug-likeness (QED) is 0.741. The number of nitrogens with zero attached hydrogens (tertiary/aromatic N) is 3. The minimum atomic E-state index is -0.593. The fourth-order valence-corrected chi connectivity index (χ4v) is 3.24. The third-order valence-corrected chi connectivity index (χ3v) is 4.45. The summed E-state index contributed by atoms with van der Waals surface area (Å²) in [5, 5.41) is 18.0. The summed E-state index contributed by atoms with van der Waals surface area (Å²) in [6, 6.07) is 10.8. The number of aromatic hydroxyl groups is 1. The molecule has 0 unspecified atom stereocenters. The van der Waals surface area contributed by atoms with Crippen LogP contribution in [0, 0.1) is 6.92 Å². The lowest BCUT2D eigenvalue weighted by Crippen LogP contribution is -2.21. The van der Waals surface area contributed by atoms with E-state index in [1.165, 1.54) is 6.07 Å². The number of rotatable bonds is 2. The standard InChI is InChI=1S/C19H18N4O3/c1-11-9-17(24)18(19(25)26-11)15-10-14(16-7-8-20-23(16)2)21-12-5-3-4-6-13(12)22-15/h3-9,14,21,24H,10H2,1-2H3/t14-/m1/s1. The molecule has 0 amide bonds. The number of hydrogen-bond donors (Lipinski definition) is 2. The van der Waals surface area contributed by atoms with Crippen LogP contribution in [-0.2, 0) is 7.05 Å². The Bertz CT molecular complexity index is 1060. The van der Waals surface area contributed by atoms with Crippen LogP contribution in [0.5, 0.6) is 5.75 Å². The second-order valence-corrected chi connectivity index (χ2v) is 6.26. The molecule has 1 atom stereocenters. The van der Waals surface area contributed by atoms with Gasteiger partial charge in [-0.1, -0.05) is 12.1 Å². The van der Waals surface area contributed by atoms with Gasteiger partial charge in [0.25, 0.3) is 0 Å². The van der Waals surface area contributed by atoms with Gasteiger partial charge < -0.3 is 14.8 Å². The Labute approximate surface area is 149 Å². The van der Waals surface area contributed by atoms with Crippen molar-refractivity contribution in [2.75, 3.05) is 5.32 Å². The smallest absolute Gasteiger partial charge is 0.348 e. The maximum atomic E-state index is 12.4. The van der Waals surface area contributed by atoms with Crippen LogP contribution in [0.2, 0.25) is 0 Å². The Balaban J connectivity index is 1.90. The Hall–Kier alpha value is -3.35. The van der Waals surface area contributed by atoms with Crippen LogP contribution in [0.25, 0.3) is 0 Å². The van der Waals surface area contributed by atoms with Gasteiger partial charge in [0.2, 0.25) is 0 Å². The van der Waals surface area contributed by atoms with E-state index in [0.717, 1.165) is 11.4 Å². The second-order valence-electron chi connectivity index (χ2n) is 6.26. The molecule has 2 N–H and O–H groups in total. The Morgan fingerprint density at radius 1 is 1.31 bits per heavy atom. The summed E-state index contributed by atoms with van der Waals surface area (Å²) in [6.45, 7) is 1.62. The summed E-state index contributed by atoms with van der Waals surface area (Å²) in [6.07, 6.45) is 2.12. The van der Waals surface area contributed by atoms with Gasteiger partial charge in [0.05, 0.1) is 28.8 Å². The maximum absolute atomic E-state index is 12.4. The molecule has 0 radical (unpaired) electrons. The number of para-hydroxylation sites is 2. The highest BCUT2D eigenvalue weighted by Crippen LogP contribution is 2.35. The van der Waals surface area contributed by atoms with Crippen LogP contribution in [0.1, 0.15) is 29.5 Å². The number of aryl methyl sites for hydroxylation is 2. The van der Waals surface area contributed by atoms with Crippen LogP contribution in [0.15, 0.2) is 56.8 Å². The summed E-state index contributed by atoms with van der Waals surface area (Å²) in [5.41, 5.74) is 2.48. The van der Waals surface area contributed by atoms with Crippen LogP contribution < -0.4 is 10.9 Å². The van der Waals surface area contributed by atoms with E-state index < -0.39 is 5.63 Å². The molecule has 0 saturated carbocycles. The number of aliphatic imine (C=N–C) groups is 1. The maximum Gasteiger partial charge on any atom is 0.348 e. The molecule has 7 nitrogen and oxygen atoms in total. The molecule has 0 bridgehead atoms. The molecular formula is C19H18N4O3. The van der Waals surface area contributed by atoms with E-state index in [-0.39, 0.29) is 17.4 Å². The van der Waals surface area contributed by atoms with Gasteiger partial charge in [-0.2, -0.15) is 5.10 Å². The lowest BCUT2D eigenvalue weighted by atomic mass is 10.0. The highest BCUT2D eigenvalue weighted by molar-refractivity contribution is 6.05. The predicted molar refractivity (Wildman–Crippen MR) is 98.2 cm³/mol. The third-order valence-electron chi connectivity index (χ3n) is 4.45. The monoisotopic (exact) mass is 350 g/mol. The fraction of sp³-hybridized carbons (Fsp3) is 0.211. The summed E-state index contributed by atoms with van der Waals surface area (Å²) >= 11 is 0. The third kappa shape index (κ3) is 2.77. The minimum Gasteiger partial charge on any atom is -0.507 e. The van der Waals surface area contributed by atoms with Crippen LogP contribution in [0.4, 0.5) is 11.4 Å². The van der Waals surface area contributed by atoms with Crippen molar-refractivity contribution in [3.63, 3.8) is 0 Å². The molecule has 0 spiro atoms. The van der Waals surface area contributed by atoms with E-state index in [1.807, 2.05) is 37.4 Å². The molecule has 7 heteroatoms. The zero-order chi connectivity index (χ0) is 18.3. The number of fused-ring (bicyclic) bond motifs is 1. The number of benzene rings is 1. The Morgan fingerprint density at radius 2 is 2.12 bits per heavy atom. The zero-order valence-electron chi connectivity index (χ0n) is 14.4. The van der Waals surface area contributed by atoms with Crippen molar-refractivity contribution in [1.82, 2.24) is 9.78 Å². The van der Waals surface area contributed by atoms with Crippen molar-refractivity contribution in [1.29, 1.82) is 0 Å². The van der Waals surface area contributed by atoms with Gasteiger partial charge in [-0.15, -0.1) is 0 Å². The molecule has 1 aliphatic heterocycles. The van der Waals surface area contributed by atoms with E-state index in [1.54, 1.807) is 17.8 Å². The van der Waals surface area contributed by atoms with Gasteiger partial charge >= 0.3 is 5.63 Å². The average molecular weight is 350 g/mol. The predicted octanol–water partition coefficient (Wildman–Crippen LogP) is 3.07. The molecule has 26 heavy (non-hydrogen) atoms. The van der Waals surface area contributed by atoms with Crippen molar-refractivity contribution < 1.29 is 9.52 Å². The van der Waals surface area contributed by atoms with Crippen LogP contribution in [-0.4, -0.2) is 20.6 Å². The minimum absolute atomic E-state index is 0.0984. The molecule has 1 aliphatic rings. The largest absolute Gasteiger partial charge is 0.507 e. The summed E-state index contributed by atoms with van der Waals surface area (Å²) in [5.74, 6) is 0.229. The van der Waals surface area contributed by atoms with E-state index >= 15 is 0 Å². The van der Waals surface area contributed by atoms with Gasteiger partial charge in [0, 0.05) is 25.7 Å².